The minimum absolute atomic E-state index is 0. The molecule has 2 N–H and O–H groups in total. The SMILES string of the molecule is COc1cc(-c2cc(O)cc(N3CCNCC3)c2)cc2onc(CON(OC)S(=O)(=O)c3ccccc3)c12.Cl. The molecule has 0 spiro atoms. The van der Waals surface area contributed by atoms with Gasteiger partial charge < -0.3 is 24.6 Å². The second-order valence-electron chi connectivity index (χ2n) is 8.62. The molecule has 39 heavy (non-hydrogen) atoms. The molecule has 0 amide bonds. The molecule has 1 aliphatic rings. The van der Waals surface area contributed by atoms with Crippen molar-refractivity contribution in [3.8, 4) is 22.6 Å². The number of phenolic OH excluding ortho intramolecular Hbond substituents is 1. The highest BCUT2D eigenvalue weighted by atomic mass is 35.5. The zero-order valence-electron chi connectivity index (χ0n) is 21.4. The largest absolute Gasteiger partial charge is 0.508 e. The number of rotatable bonds is 9. The van der Waals surface area contributed by atoms with Crippen molar-refractivity contribution in [2.45, 2.75) is 11.5 Å². The number of anilines is 1. The third kappa shape index (κ3) is 5.96. The van der Waals surface area contributed by atoms with Gasteiger partial charge in [0.25, 0.3) is 10.0 Å². The van der Waals surface area contributed by atoms with E-state index in [-0.39, 0.29) is 29.7 Å². The molecule has 1 saturated heterocycles. The predicted molar refractivity (Wildman–Crippen MR) is 147 cm³/mol. The van der Waals surface area contributed by atoms with E-state index in [1.54, 1.807) is 36.4 Å². The van der Waals surface area contributed by atoms with Crippen LogP contribution in [0.25, 0.3) is 22.1 Å². The van der Waals surface area contributed by atoms with Crippen molar-refractivity contribution in [1.29, 1.82) is 0 Å². The lowest BCUT2D eigenvalue weighted by molar-refractivity contribution is -0.294. The summed E-state index contributed by atoms with van der Waals surface area (Å²) in [6, 6.07) is 16.8. The summed E-state index contributed by atoms with van der Waals surface area (Å²) in [5, 5.41) is 18.4. The van der Waals surface area contributed by atoms with Crippen molar-refractivity contribution in [2.24, 2.45) is 0 Å². The van der Waals surface area contributed by atoms with E-state index < -0.39 is 10.0 Å². The Balaban J connectivity index is 0.00000353. The Labute approximate surface area is 232 Å². The molecule has 0 saturated carbocycles. The molecule has 0 atom stereocenters. The van der Waals surface area contributed by atoms with Gasteiger partial charge in [0.2, 0.25) is 0 Å². The summed E-state index contributed by atoms with van der Waals surface area (Å²) >= 11 is 0. The highest BCUT2D eigenvalue weighted by Gasteiger charge is 2.27. The maximum atomic E-state index is 12.9. The van der Waals surface area contributed by atoms with Crippen LogP contribution in [0.3, 0.4) is 0 Å². The number of hydrogen-bond acceptors (Lipinski definition) is 10. The van der Waals surface area contributed by atoms with E-state index in [4.69, 9.17) is 18.9 Å². The van der Waals surface area contributed by atoms with Gasteiger partial charge >= 0.3 is 0 Å². The molecular formula is C26H29ClN4O7S. The number of fused-ring (bicyclic) bond motifs is 1. The van der Waals surface area contributed by atoms with E-state index in [2.05, 4.69) is 15.4 Å². The molecule has 11 nitrogen and oxygen atoms in total. The van der Waals surface area contributed by atoms with Crippen molar-refractivity contribution in [3.05, 3.63) is 66.4 Å². The maximum absolute atomic E-state index is 12.9. The minimum atomic E-state index is -4.07. The van der Waals surface area contributed by atoms with Crippen molar-refractivity contribution in [1.82, 2.24) is 15.1 Å². The Morgan fingerprint density at radius 3 is 2.46 bits per heavy atom. The van der Waals surface area contributed by atoms with Crippen LogP contribution < -0.4 is 15.0 Å². The minimum Gasteiger partial charge on any atom is -0.508 e. The van der Waals surface area contributed by atoms with Gasteiger partial charge in [0, 0.05) is 37.9 Å². The second kappa shape index (κ2) is 12.2. The smallest absolute Gasteiger partial charge is 0.288 e. The summed E-state index contributed by atoms with van der Waals surface area (Å²) in [6.45, 7) is 3.17. The summed E-state index contributed by atoms with van der Waals surface area (Å²) < 4.78 is 37.4. The number of piperazine rings is 1. The standard InChI is InChI=1S/C26H28N4O7S.ClH/c1-34-24-14-19(18-12-20(16-21(31)13-18)29-10-8-27-9-11-29)15-25-26(24)23(28-37-25)17-36-30(35-2)38(32,33)22-6-4-3-5-7-22;/h3-7,12-16,27,31H,8-11,17H2,1-2H3;1H. The molecule has 2 heterocycles. The molecule has 0 radical (unpaired) electrons. The lowest BCUT2D eigenvalue weighted by atomic mass is 10.0. The highest BCUT2D eigenvalue weighted by molar-refractivity contribution is 7.88. The summed E-state index contributed by atoms with van der Waals surface area (Å²) in [7, 11) is -1.35. The number of benzene rings is 3. The molecule has 3 aromatic carbocycles. The fourth-order valence-electron chi connectivity index (χ4n) is 4.40. The molecule has 1 aromatic heterocycles. The Hall–Kier alpha value is -3.39. The van der Waals surface area contributed by atoms with E-state index in [9.17, 15) is 13.5 Å². The average Bonchev–Trinajstić information content (AvgIpc) is 3.36. The lowest BCUT2D eigenvalue weighted by Gasteiger charge is -2.30. The third-order valence-electron chi connectivity index (χ3n) is 6.24. The average molecular weight is 577 g/mol. The maximum Gasteiger partial charge on any atom is 0.288 e. The molecule has 5 rings (SSSR count). The number of halogens is 1. The number of nitrogens with zero attached hydrogens (tertiary/aromatic N) is 3. The molecule has 4 aromatic rings. The Morgan fingerprint density at radius 2 is 1.77 bits per heavy atom. The van der Waals surface area contributed by atoms with Crippen LogP contribution >= 0.6 is 12.4 Å². The van der Waals surface area contributed by atoms with Gasteiger partial charge in [0.15, 0.2) is 5.58 Å². The van der Waals surface area contributed by atoms with E-state index in [1.165, 1.54) is 26.4 Å². The van der Waals surface area contributed by atoms with Gasteiger partial charge in [0.05, 0.1) is 29.1 Å². The van der Waals surface area contributed by atoms with Crippen molar-refractivity contribution < 1.29 is 32.5 Å². The van der Waals surface area contributed by atoms with Crippen LogP contribution in [0.4, 0.5) is 5.69 Å². The fourth-order valence-corrected chi connectivity index (χ4v) is 5.46. The summed E-state index contributed by atoms with van der Waals surface area (Å²) in [5.74, 6) is 0.611. The van der Waals surface area contributed by atoms with Gasteiger partial charge in [-0.25, -0.2) is 8.42 Å². The van der Waals surface area contributed by atoms with Crippen molar-refractivity contribution >= 4 is 39.1 Å². The van der Waals surface area contributed by atoms with Crippen LogP contribution in [0.1, 0.15) is 5.69 Å². The lowest BCUT2D eigenvalue weighted by Crippen LogP contribution is -2.43. The third-order valence-corrected chi connectivity index (χ3v) is 7.75. The monoisotopic (exact) mass is 576 g/mol. The van der Waals surface area contributed by atoms with Crippen LogP contribution in [-0.4, -0.2) is 63.7 Å². The fraction of sp³-hybridized carbons (Fsp3) is 0.269. The number of hydrogen-bond donors (Lipinski definition) is 2. The van der Waals surface area contributed by atoms with E-state index in [1.807, 2.05) is 12.1 Å². The molecule has 0 aliphatic carbocycles. The number of aromatic nitrogens is 1. The number of sulfonamides is 1. The number of methoxy groups -OCH3 is 1. The first kappa shape index (κ1) is 28.6. The van der Waals surface area contributed by atoms with Crippen LogP contribution in [0.15, 0.2) is 70.1 Å². The van der Waals surface area contributed by atoms with Gasteiger partial charge in [-0.15, -0.1) is 12.4 Å². The number of ether oxygens (including phenoxy) is 1. The molecular weight excluding hydrogens is 548 g/mol. The van der Waals surface area contributed by atoms with Gasteiger partial charge in [-0.05, 0) is 47.5 Å². The molecule has 208 valence electrons. The van der Waals surface area contributed by atoms with E-state index in [0.29, 0.717) is 27.0 Å². The van der Waals surface area contributed by atoms with Gasteiger partial charge in [-0.3, -0.25) is 9.68 Å². The Morgan fingerprint density at radius 1 is 1.05 bits per heavy atom. The first-order valence-electron chi connectivity index (χ1n) is 11.9. The van der Waals surface area contributed by atoms with Crippen LogP contribution in [0, 0.1) is 0 Å². The van der Waals surface area contributed by atoms with Crippen LogP contribution in [0.2, 0.25) is 0 Å². The van der Waals surface area contributed by atoms with Gasteiger partial charge in [-0.2, -0.15) is 0 Å². The quantitative estimate of drug-likeness (QED) is 0.285. The number of aromatic hydroxyl groups is 1. The molecule has 0 unspecified atom stereocenters. The predicted octanol–water partition coefficient (Wildman–Crippen LogP) is 3.72. The first-order chi connectivity index (χ1) is 18.4. The molecule has 1 fully saturated rings. The van der Waals surface area contributed by atoms with Gasteiger partial charge in [-0.1, -0.05) is 23.4 Å². The Bertz CT molecular complexity index is 1530. The normalized spacial score (nSPS) is 14.0. The number of phenols is 1. The topological polar surface area (TPSA) is 127 Å². The van der Waals surface area contributed by atoms with E-state index >= 15 is 0 Å². The summed E-state index contributed by atoms with van der Waals surface area (Å²) in [5.41, 5.74) is 3.21. The van der Waals surface area contributed by atoms with Crippen LogP contribution in [-0.2, 0) is 26.3 Å². The molecule has 0 bridgehead atoms. The summed E-state index contributed by atoms with van der Waals surface area (Å²) in [6.07, 6.45) is 0. The van der Waals surface area contributed by atoms with Gasteiger partial charge in [0.1, 0.15) is 23.8 Å². The van der Waals surface area contributed by atoms with Crippen molar-refractivity contribution in [3.63, 3.8) is 0 Å². The molecule has 1 aliphatic heterocycles. The van der Waals surface area contributed by atoms with Crippen LogP contribution in [0.5, 0.6) is 11.5 Å². The zero-order chi connectivity index (χ0) is 26.7. The second-order valence-corrected chi connectivity index (χ2v) is 10.3. The zero-order valence-corrected chi connectivity index (χ0v) is 23.0. The number of nitrogens with one attached hydrogen (secondary N) is 1. The Kier molecular flexibility index (Phi) is 8.95. The first-order valence-corrected chi connectivity index (χ1v) is 13.4. The van der Waals surface area contributed by atoms with E-state index in [0.717, 1.165) is 43.0 Å². The summed E-state index contributed by atoms with van der Waals surface area (Å²) in [4.78, 5) is 12.7. The molecule has 13 heteroatoms. The highest BCUT2D eigenvalue weighted by Crippen LogP contribution is 2.37. The van der Waals surface area contributed by atoms with Crippen molar-refractivity contribution in [2.75, 3.05) is 45.3 Å².